The Morgan fingerprint density at radius 3 is 1.78 bits per heavy atom. The molecule has 0 amide bonds. The Kier molecular flexibility index (Phi) is 24.8. The van der Waals surface area contributed by atoms with Crippen molar-refractivity contribution in [3.8, 4) is 0 Å². The zero-order chi connectivity index (χ0) is 34.0. The van der Waals surface area contributed by atoms with Crippen molar-refractivity contribution in [2.75, 3.05) is 47.5 Å². The lowest BCUT2D eigenvalue weighted by Gasteiger charge is -2.24. The number of allylic oxidation sites excluding steroid dienone is 1. The number of carboxylic acids is 1. The van der Waals surface area contributed by atoms with Gasteiger partial charge in [-0.05, 0) is 18.9 Å². The molecule has 13 heteroatoms. The normalized spacial score (nSPS) is 13.8. The van der Waals surface area contributed by atoms with Crippen LogP contribution in [0.25, 0.3) is 0 Å². The molecule has 2 unspecified atom stereocenters. The van der Waals surface area contributed by atoms with Crippen LogP contribution in [0.2, 0.25) is 0 Å². The highest BCUT2D eigenvalue weighted by molar-refractivity contribution is 7.47. The summed E-state index contributed by atoms with van der Waals surface area (Å²) in [5.41, 5.74) is 0. The highest BCUT2D eigenvalue weighted by Crippen LogP contribution is 2.43. The lowest BCUT2D eigenvalue weighted by Crippen LogP contribution is -2.37. The van der Waals surface area contributed by atoms with Gasteiger partial charge in [-0.1, -0.05) is 84.0 Å². The van der Waals surface area contributed by atoms with Crippen LogP contribution in [-0.2, 0) is 42.3 Å². The first-order valence-electron chi connectivity index (χ1n) is 16.5. The molecule has 262 valence electrons. The van der Waals surface area contributed by atoms with Gasteiger partial charge in [-0.3, -0.25) is 23.4 Å². The van der Waals surface area contributed by atoms with Crippen LogP contribution >= 0.6 is 7.82 Å². The van der Waals surface area contributed by atoms with E-state index >= 15 is 0 Å². The molecule has 0 aromatic rings. The van der Waals surface area contributed by atoms with Crippen LogP contribution in [0.5, 0.6) is 0 Å². The molecular formula is C32H59NO11P+. The molecule has 0 saturated carbocycles. The summed E-state index contributed by atoms with van der Waals surface area (Å²) in [4.78, 5) is 56.9. The van der Waals surface area contributed by atoms with E-state index in [4.69, 9.17) is 23.6 Å². The van der Waals surface area contributed by atoms with Gasteiger partial charge >= 0.3 is 25.7 Å². The fourth-order valence-corrected chi connectivity index (χ4v) is 4.95. The molecular weight excluding hydrogens is 605 g/mol. The summed E-state index contributed by atoms with van der Waals surface area (Å²) in [6.45, 7) is 1.72. The number of likely N-dealkylation sites (N-methyl/N-ethyl adjacent to an activating group) is 1. The van der Waals surface area contributed by atoms with Crippen molar-refractivity contribution in [3.63, 3.8) is 0 Å². The van der Waals surface area contributed by atoms with E-state index in [0.717, 1.165) is 31.4 Å². The number of carbonyl (C=O) groups excluding carboxylic acids is 3. The Bertz CT molecular complexity index is 917. The summed E-state index contributed by atoms with van der Waals surface area (Å²) in [6.07, 6.45) is 15.9. The first-order chi connectivity index (χ1) is 21.2. The summed E-state index contributed by atoms with van der Waals surface area (Å²) >= 11 is 0. The van der Waals surface area contributed by atoms with E-state index in [9.17, 15) is 28.6 Å². The highest BCUT2D eigenvalue weighted by atomic mass is 31.2. The van der Waals surface area contributed by atoms with Crippen molar-refractivity contribution < 1.29 is 56.7 Å². The van der Waals surface area contributed by atoms with E-state index < -0.39 is 44.2 Å². The van der Waals surface area contributed by atoms with Crippen LogP contribution in [0.15, 0.2) is 12.2 Å². The quantitative estimate of drug-likeness (QED) is 0.0298. The number of unbranched alkanes of at least 4 members (excludes halogenated alkanes) is 12. The third-order valence-electron chi connectivity index (χ3n) is 6.87. The third-order valence-corrected chi connectivity index (χ3v) is 7.85. The summed E-state index contributed by atoms with van der Waals surface area (Å²) in [7, 11) is 1.22. The Hall–Kier alpha value is -2.11. The molecule has 2 N–H and O–H groups in total. The first-order valence-corrected chi connectivity index (χ1v) is 17.9. The van der Waals surface area contributed by atoms with Gasteiger partial charge in [-0.15, -0.1) is 0 Å². The number of rotatable bonds is 30. The lowest BCUT2D eigenvalue weighted by molar-refractivity contribution is -0.870. The van der Waals surface area contributed by atoms with E-state index in [2.05, 4.69) is 6.92 Å². The average Bonchev–Trinajstić information content (AvgIpc) is 2.95. The Morgan fingerprint density at radius 2 is 1.24 bits per heavy atom. The molecule has 0 aromatic heterocycles. The summed E-state index contributed by atoms with van der Waals surface area (Å²) in [5, 5.41) is 8.59. The minimum atomic E-state index is -4.46. The number of carbonyl (C=O) groups is 4. The number of hydrogen-bond donors (Lipinski definition) is 2. The number of quaternary nitrogens is 1. The average molecular weight is 665 g/mol. The summed E-state index contributed by atoms with van der Waals surface area (Å²) in [6, 6.07) is 0. The number of ketones is 1. The standard InChI is InChI=1S/C32H58NO11P/c1-5-6-7-8-9-10-11-12-13-14-15-16-17-20-31(37)41-26-29(27-43-45(39,40)42-25-24-33(2,3)4)44-32(38)21-18-19-28(34)22-23-30(35)36/h22-23,29H,5-21,24-27H2,1-4H3,(H-,35,36,39,40)/p+1. The molecule has 0 fully saturated rings. The van der Waals surface area contributed by atoms with Gasteiger partial charge in [0.2, 0.25) is 0 Å². The van der Waals surface area contributed by atoms with Crippen molar-refractivity contribution in [1.82, 2.24) is 0 Å². The van der Waals surface area contributed by atoms with Crippen LogP contribution in [0, 0.1) is 0 Å². The number of aliphatic carboxylic acids is 1. The van der Waals surface area contributed by atoms with Gasteiger partial charge in [0.1, 0.15) is 19.8 Å². The maximum atomic E-state index is 12.4. The van der Waals surface area contributed by atoms with E-state index in [-0.39, 0.29) is 38.9 Å². The molecule has 0 aliphatic rings. The fraction of sp³-hybridized carbons (Fsp3) is 0.812. The maximum absolute atomic E-state index is 12.4. The maximum Gasteiger partial charge on any atom is 0.472 e. The number of hydrogen-bond acceptors (Lipinski definition) is 9. The smallest absolute Gasteiger partial charge is 0.472 e. The summed E-state index contributed by atoms with van der Waals surface area (Å²) < 4.78 is 33.4. The molecule has 0 aliphatic carbocycles. The molecule has 0 heterocycles. The van der Waals surface area contributed by atoms with E-state index in [1.165, 1.54) is 57.8 Å². The Labute approximate surface area is 270 Å². The van der Waals surface area contributed by atoms with Crippen molar-refractivity contribution >= 4 is 31.5 Å². The molecule has 0 aromatic carbocycles. The van der Waals surface area contributed by atoms with E-state index in [0.29, 0.717) is 17.4 Å². The van der Waals surface area contributed by atoms with Gasteiger partial charge in [0.05, 0.1) is 27.7 Å². The highest BCUT2D eigenvalue weighted by Gasteiger charge is 2.27. The molecule has 0 saturated heterocycles. The summed E-state index contributed by atoms with van der Waals surface area (Å²) in [5.74, 6) is -2.91. The second-order valence-electron chi connectivity index (χ2n) is 12.4. The number of ether oxygens (including phenoxy) is 2. The zero-order valence-electron chi connectivity index (χ0n) is 28.0. The van der Waals surface area contributed by atoms with E-state index in [1.807, 2.05) is 21.1 Å². The predicted octanol–water partition coefficient (Wildman–Crippen LogP) is 6.14. The minimum absolute atomic E-state index is 0.0415. The largest absolute Gasteiger partial charge is 0.478 e. The van der Waals surface area contributed by atoms with Gasteiger partial charge in [-0.25, -0.2) is 9.36 Å². The van der Waals surface area contributed by atoms with Crippen molar-refractivity contribution in [2.24, 2.45) is 0 Å². The van der Waals surface area contributed by atoms with Gasteiger partial charge in [-0.2, -0.15) is 0 Å². The van der Waals surface area contributed by atoms with Crippen molar-refractivity contribution in [3.05, 3.63) is 12.2 Å². The number of nitrogens with zero attached hydrogens (tertiary/aromatic N) is 1. The van der Waals surface area contributed by atoms with Crippen molar-refractivity contribution in [1.29, 1.82) is 0 Å². The Morgan fingerprint density at radius 1 is 0.711 bits per heavy atom. The van der Waals surface area contributed by atoms with Crippen LogP contribution in [0.1, 0.15) is 116 Å². The second-order valence-corrected chi connectivity index (χ2v) is 13.8. The van der Waals surface area contributed by atoms with Crippen LogP contribution in [0.3, 0.4) is 0 Å². The van der Waals surface area contributed by atoms with Gasteiger partial charge in [0.15, 0.2) is 11.9 Å². The molecule has 0 bridgehead atoms. The Balaban J connectivity index is 4.53. The molecule has 0 rings (SSSR count). The first kappa shape index (κ1) is 42.9. The topological polar surface area (TPSA) is 163 Å². The monoisotopic (exact) mass is 664 g/mol. The second kappa shape index (κ2) is 26.0. The molecule has 0 radical (unpaired) electrons. The zero-order valence-corrected chi connectivity index (χ0v) is 28.9. The van der Waals surface area contributed by atoms with Gasteiger partial charge in [0, 0.05) is 25.3 Å². The van der Waals surface area contributed by atoms with Crippen LogP contribution in [-0.4, -0.2) is 91.8 Å². The molecule has 2 atom stereocenters. The van der Waals surface area contributed by atoms with Gasteiger partial charge < -0.3 is 24.0 Å². The van der Waals surface area contributed by atoms with Crippen molar-refractivity contribution in [2.45, 2.75) is 122 Å². The number of esters is 2. The van der Waals surface area contributed by atoms with Crippen LogP contribution in [0.4, 0.5) is 0 Å². The number of phosphoric ester groups is 1. The number of carboxylic acid groups (broad SMARTS) is 1. The molecule has 45 heavy (non-hydrogen) atoms. The third kappa shape index (κ3) is 30.3. The fourth-order valence-electron chi connectivity index (χ4n) is 4.21. The molecule has 12 nitrogen and oxygen atoms in total. The minimum Gasteiger partial charge on any atom is -0.478 e. The molecule has 0 aliphatic heterocycles. The van der Waals surface area contributed by atoms with Gasteiger partial charge in [0.25, 0.3) is 0 Å². The SMILES string of the molecule is CCCCCCCCCCCCCCCC(=O)OCC(COP(=O)(O)OCC[N+](C)(C)C)OC(=O)CCCC(=O)C=CC(=O)O. The predicted molar refractivity (Wildman–Crippen MR) is 171 cm³/mol. The number of phosphoric acid groups is 1. The van der Waals surface area contributed by atoms with Crippen LogP contribution < -0.4 is 0 Å². The van der Waals surface area contributed by atoms with E-state index in [1.54, 1.807) is 0 Å². The molecule has 0 spiro atoms. The lowest BCUT2D eigenvalue weighted by atomic mass is 10.0.